The van der Waals surface area contributed by atoms with Crippen molar-refractivity contribution in [1.82, 2.24) is 0 Å². The van der Waals surface area contributed by atoms with Crippen molar-refractivity contribution in [3.05, 3.63) is 0 Å². The maximum Gasteiger partial charge on any atom is 0.0165 e. The van der Waals surface area contributed by atoms with Gasteiger partial charge in [-0.05, 0) is 55.3 Å². The summed E-state index contributed by atoms with van der Waals surface area (Å²) in [6, 6.07) is 0. The molecule has 1 nitrogen and oxygen atoms in total. The first-order chi connectivity index (χ1) is 6.01. The van der Waals surface area contributed by atoms with Crippen molar-refractivity contribution in [3.8, 4) is 0 Å². The number of hydrogen-bond donors (Lipinski definition) is 1. The average Bonchev–Trinajstić information content (AvgIpc) is 1.96. The number of halogens is 1. The van der Waals surface area contributed by atoms with Gasteiger partial charge in [0, 0.05) is 5.54 Å². The van der Waals surface area contributed by atoms with Crippen molar-refractivity contribution < 1.29 is 0 Å². The quantitative estimate of drug-likeness (QED) is 0.661. The molecule has 4 saturated carbocycles. The van der Waals surface area contributed by atoms with E-state index in [1.807, 2.05) is 0 Å². The molecule has 14 heavy (non-hydrogen) atoms. The number of nitrogens with two attached hydrogens (primary N) is 1. The van der Waals surface area contributed by atoms with E-state index in [9.17, 15) is 0 Å². The molecule has 0 spiro atoms. The van der Waals surface area contributed by atoms with Gasteiger partial charge in [-0.25, -0.2) is 0 Å². The van der Waals surface area contributed by atoms with Crippen LogP contribution in [0, 0.1) is 23.2 Å². The van der Waals surface area contributed by atoms with Gasteiger partial charge < -0.3 is 5.73 Å². The van der Waals surface area contributed by atoms with E-state index in [0.29, 0.717) is 5.41 Å². The van der Waals surface area contributed by atoms with Crippen LogP contribution in [0.2, 0.25) is 0 Å². The predicted octanol–water partition coefficient (Wildman–Crippen LogP) is 2.97. The summed E-state index contributed by atoms with van der Waals surface area (Å²) in [5.74, 6) is 2.86. The van der Waals surface area contributed by atoms with Gasteiger partial charge in [-0.15, -0.1) is 12.4 Å². The lowest BCUT2D eigenvalue weighted by Crippen LogP contribution is -2.62. The molecule has 4 fully saturated rings. The Morgan fingerprint density at radius 1 is 1.21 bits per heavy atom. The van der Waals surface area contributed by atoms with Crippen molar-refractivity contribution >= 4 is 12.4 Å². The molecule has 82 valence electrons. The zero-order chi connectivity index (χ0) is 9.27. The summed E-state index contributed by atoms with van der Waals surface area (Å²) in [5.41, 5.74) is 7.31. The zero-order valence-electron chi connectivity index (χ0n) is 9.25. The average molecular weight is 216 g/mol. The lowest BCUT2D eigenvalue weighted by molar-refractivity contribution is -0.103. The van der Waals surface area contributed by atoms with Crippen molar-refractivity contribution in [2.45, 2.75) is 51.5 Å². The molecule has 4 bridgehead atoms. The molecule has 4 aliphatic rings. The van der Waals surface area contributed by atoms with Crippen LogP contribution in [0.4, 0.5) is 0 Å². The summed E-state index contributed by atoms with van der Waals surface area (Å²) in [4.78, 5) is 0. The predicted molar refractivity (Wildman–Crippen MR) is 61.5 cm³/mol. The van der Waals surface area contributed by atoms with E-state index in [4.69, 9.17) is 5.73 Å². The summed E-state index contributed by atoms with van der Waals surface area (Å²) < 4.78 is 0. The van der Waals surface area contributed by atoms with Gasteiger partial charge >= 0.3 is 0 Å². The lowest BCUT2D eigenvalue weighted by atomic mass is 9.44. The van der Waals surface area contributed by atoms with Gasteiger partial charge in [0.15, 0.2) is 0 Å². The highest BCUT2D eigenvalue weighted by atomic mass is 35.5. The second-order valence-electron chi connectivity index (χ2n) is 6.46. The highest BCUT2D eigenvalue weighted by molar-refractivity contribution is 5.85. The second kappa shape index (κ2) is 2.89. The first-order valence-corrected chi connectivity index (χ1v) is 5.80. The maximum absolute atomic E-state index is 6.47. The molecule has 0 aromatic rings. The Hall–Kier alpha value is 0.250. The Morgan fingerprint density at radius 3 is 2.50 bits per heavy atom. The molecular formula is C12H22ClN. The van der Waals surface area contributed by atoms with Crippen LogP contribution in [0.5, 0.6) is 0 Å². The van der Waals surface area contributed by atoms with Crippen LogP contribution in [0.25, 0.3) is 0 Å². The summed E-state index contributed by atoms with van der Waals surface area (Å²) in [7, 11) is 0. The lowest BCUT2D eigenvalue weighted by Gasteiger charge is -2.63. The molecule has 0 amide bonds. The normalized spacial score (nSPS) is 59.8. The highest BCUT2D eigenvalue weighted by Crippen LogP contribution is 2.63. The van der Waals surface area contributed by atoms with Gasteiger partial charge in [-0.3, -0.25) is 0 Å². The minimum atomic E-state index is 0. The summed E-state index contributed by atoms with van der Waals surface area (Å²) >= 11 is 0. The Morgan fingerprint density at radius 2 is 1.93 bits per heavy atom. The molecule has 4 aliphatic carbocycles. The topological polar surface area (TPSA) is 26.0 Å². The summed E-state index contributed by atoms with van der Waals surface area (Å²) in [6.07, 6.45) is 6.89. The third kappa shape index (κ3) is 1.25. The molecule has 5 unspecified atom stereocenters. The van der Waals surface area contributed by atoms with Crippen molar-refractivity contribution in [2.24, 2.45) is 28.9 Å². The fourth-order valence-electron chi connectivity index (χ4n) is 4.91. The molecule has 0 radical (unpaired) electrons. The third-order valence-corrected chi connectivity index (χ3v) is 5.32. The van der Waals surface area contributed by atoms with Crippen LogP contribution in [0.1, 0.15) is 46.0 Å². The van der Waals surface area contributed by atoms with Crippen LogP contribution in [0.3, 0.4) is 0 Å². The smallest absolute Gasteiger partial charge is 0.0165 e. The number of hydrogen-bond acceptors (Lipinski definition) is 1. The van der Waals surface area contributed by atoms with Gasteiger partial charge in [-0.1, -0.05) is 13.8 Å². The van der Waals surface area contributed by atoms with E-state index in [1.54, 1.807) is 0 Å². The van der Waals surface area contributed by atoms with Gasteiger partial charge in [0.1, 0.15) is 0 Å². The van der Waals surface area contributed by atoms with E-state index < -0.39 is 0 Å². The molecular weight excluding hydrogens is 194 g/mol. The van der Waals surface area contributed by atoms with Gasteiger partial charge in [0.2, 0.25) is 0 Å². The van der Waals surface area contributed by atoms with E-state index >= 15 is 0 Å². The van der Waals surface area contributed by atoms with Crippen molar-refractivity contribution in [2.75, 3.05) is 0 Å². The minimum Gasteiger partial charge on any atom is -0.325 e. The summed E-state index contributed by atoms with van der Waals surface area (Å²) in [6.45, 7) is 4.95. The van der Waals surface area contributed by atoms with Crippen molar-refractivity contribution in [1.29, 1.82) is 0 Å². The maximum atomic E-state index is 6.47. The van der Waals surface area contributed by atoms with Crippen LogP contribution in [-0.2, 0) is 0 Å². The molecule has 0 aromatic heterocycles. The molecule has 2 heteroatoms. The molecule has 2 N–H and O–H groups in total. The third-order valence-electron chi connectivity index (χ3n) is 5.32. The molecule has 0 saturated heterocycles. The summed E-state index contributed by atoms with van der Waals surface area (Å²) in [5, 5.41) is 0. The van der Waals surface area contributed by atoms with Crippen LogP contribution < -0.4 is 5.73 Å². The van der Waals surface area contributed by atoms with E-state index in [1.165, 1.54) is 32.1 Å². The molecule has 0 heterocycles. The first kappa shape index (κ1) is 10.8. The van der Waals surface area contributed by atoms with E-state index in [-0.39, 0.29) is 17.9 Å². The monoisotopic (exact) mass is 215 g/mol. The van der Waals surface area contributed by atoms with Crippen molar-refractivity contribution in [3.63, 3.8) is 0 Å². The van der Waals surface area contributed by atoms with Crippen LogP contribution >= 0.6 is 12.4 Å². The first-order valence-electron chi connectivity index (χ1n) is 5.80. The largest absolute Gasteiger partial charge is 0.325 e. The minimum absolute atomic E-state index is 0. The van der Waals surface area contributed by atoms with E-state index in [0.717, 1.165) is 17.8 Å². The Labute approximate surface area is 93.2 Å². The van der Waals surface area contributed by atoms with Crippen LogP contribution in [0.15, 0.2) is 0 Å². The van der Waals surface area contributed by atoms with E-state index in [2.05, 4.69) is 13.8 Å². The Kier molecular flexibility index (Phi) is 2.22. The van der Waals surface area contributed by atoms with Gasteiger partial charge in [-0.2, -0.15) is 0 Å². The number of rotatable bonds is 0. The standard InChI is InChI=1S/C12H21N.ClH/c1-8-10-3-9-4-11(8,2)7-12(13,5-9)6-10;/h8-10H,3-7,13H2,1-2H3;1H. The zero-order valence-corrected chi connectivity index (χ0v) is 10.1. The molecule has 5 atom stereocenters. The SMILES string of the molecule is CC1C2CC3CC(N)(C2)CC1(C)C3.Cl. The molecule has 0 aliphatic heterocycles. The second-order valence-corrected chi connectivity index (χ2v) is 6.46. The molecule has 4 rings (SSSR count). The van der Waals surface area contributed by atoms with Gasteiger partial charge in [0.05, 0.1) is 0 Å². The Bertz CT molecular complexity index is 255. The van der Waals surface area contributed by atoms with Crippen LogP contribution in [-0.4, -0.2) is 5.54 Å². The van der Waals surface area contributed by atoms with Gasteiger partial charge in [0.25, 0.3) is 0 Å². The highest BCUT2D eigenvalue weighted by Gasteiger charge is 2.57. The molecule has 0 aromatic carbocycles. The fraction of sp³-hybridized carbons (Fsp3) is 1.00. The Balaban J connectivity index is 0.000000750. The fourth-order valence-corrected chi connectivity index (χ4v) is 4.91.